The molecule has 1 aromatic heterocycles. The Kier molecular flexibility index (Phi) is 5.02. The van der Waals surface area contributed by atoms with Crippen LogP contribution in [0.4, 0.5) is 5.69 Å². The molecule has 1 N–H and O–H groups in total. The maximum atomic E-state index is 11.7. The predicted molar refractivity (Wildman–Crippen MR) is 77.7 cm³/mol. The normalized spacial score (nSPS) is 23.3. The molecule has 2 rings (SSSR count). The Balaban J connectivity index is 2.02. The lowest BCUT2D eigenvalue weighted by atomic mass is 10.0. The van der Waals surface area contributed by atoms with Gasteiger partial charge in [0.1, 0.15) is 0 Å². The van der Waals surface area contributed by atoms with E-state index in [-0.39, 0.29) is 5.56 Å². The van der Waals surface area contributed by atoms with Crippen molar-refractivity contribution in [1.82, 2.24) is 4.57 Å². The molecule has 2 unspecified atom stereocenters. The second-order valence-corrected chi connectivity index (χ2v) is 5.22. The van der Waals surface area contributed by atoms with Gasteiger partial charge in [-0.25, -0.2) is 0 Å². The van der Waals surface area contributed by atoms with Crippen molar-refractivity contribution in [3.05, 3.63) is 28.7 Å². The number of pyridine rings is 1. The number of aryl methyl sites for hydroxylation is 1. The summed E-state index contributed by atoms with van der Waals surface area (Å²) in [7, 11) is 0. The van der Waals surface area contributed by atoms with Crippen LogP contribution >= 0.6 is 0 Å². The first kappa shape index (κ1) is 14.1. The fourth-order valence-corrected chi connectivity index (χ4v) is 2.56. The van der Waals surface area contributed by atoms with E-state index in [4.69, 9.17) is 4.74 Å². The first-order valence-corrected chi connectivity index (χ1v) is 7.31. The van der Waals surface area contributed by atoms with Crippen LogP contribution in [-0.2, 0) is 11.3 Å². The zero-order valence-electron chi connectivity index (χ0n) is 11.9. The first-order valence-electron chi connectivity index (χ1n) is 7.31. The molecule has 4 heteroatoms. The Hall–Kier alpha value is -1.29. The maximum absolute atomic E-state index is 11.7. The third kappa shape index (κ3) is 3.83. The Morgan fingerprint density at radius 2 is 2.26 bits per heavy atom. The molecule has 0 spiro atoms. The molecule has 4 nitrogen and oxygen atoms in total. The van der Waals surface area contributed by atoms with Crippen molar-refractivity contribution in [2.75, 3.05) is 11.9 Å². The van der Waals surface area contributed by atoms with Crippen LogP contribution in [0.1, 0.15) is 39.5 Å². The summed E-state index contributed by atoms with van der Waals surface area (Å²) in [5.74, 6) is 0. The van der Waals surface area contributed by atoms with Crippen LogP contribution in [-0.4, -0.2) is 23.3 Å². The van der Waals surface area contributed by atoms with Gasteiger partial charge in [-0.1, -0.05) is 13.8 Å². The highest BCUT2D eigenvalue weighted by Crippen LogP contribution is 2.19. The van der Waals surface area contributed by atoms with Crippen LogP contribution < -0.4 is 10.9 Å². The van der Waals surface area contributed by atoms with Crippen LogP contribution in [0.15, 0.2) is 23.1 Å². The summed E-state index contributed by atoms with van der Waals surface area (Å²) in [6.07, 6.45) is 6.41. The van der Waals surface area contributed by atoms with Crippen LogP contribution in [0.25, 0.3) is 0 Å². The van der Waals surface area contributed by atoms with E-state index in [9.17, 15) is 4.79 Å². The van der Waals surface area contributed by atoms with E-state index >= 15 is 0 Å². The largest absolute Gasteiger partial charge is 0.381 e. The van der Waals surface area contributed by atoms with Gasteiger partial charge in [0.05, 0.1) is 11.8 Å². The lowest BCUT2D eigenvalue weighted by Crippen LogP contribution is -2.34. The molecular weight excluding hydrogens is 240 g/mol. The van der Waals surface area contributed by atoms with Crippen molar-refractivity contribution in [1.29, 1.82) is 0 Å². The zero-order chi connectivity index (χ0) is 13.7. The summed E-state index contributed by atoms with van der Waals surface area (Å²) < 4.78 is 7.46. The van der Waals surface area contributed by atoms with Gasteiger partial charge in [0, 0.05) is 31.5 Å². The molecule has 1 saturated heterocycles. The summed E-state index contributed by atoms with van der Waals surface area (Å²) >= 11 is 0. The molecule has 1 aliphatic rings. The molecule has 0 radical (unpaired) electrons. The van der Waals surface area contributed by atoms with Crippen molar-refractivity contribution in [3.8, 4) is 0 Å². The van der Waals surface area contributed by atoms with Crippen molar-refractivity contribution in [2.24, 2.45) is 0 Å². The number of nitrogens with zero attached hydrogens (tertiary/aromatic N) is 1. The van der Waals surface area contributed by atoms with Crippen molar-refractivity contribution in [2.45, 2.75) is 58.2 Å². The van der Waals surface area contributed by atoms with Gasteiger partial charge in [0.25, 0.3) is 5.56 Å². The van der Waals surface area contributed by atoms with Crippen LogP contribution in [0.2, 0.25) is 0 Å². The highest BCUT2D eigenvalue weighted by molar-refractivity contribution is 5.41. The predicted octanol–water partition coefficient (Wildman–Crippen LogP) is 2.63. The molecule has 1 aliphatic heterocycles. The molecule has 0 aromatic carbocycles. The molecule has 2 atom stereocenters. The van der Waals surface area contributed by atoms with E-state index in [1.165, 1.54) is 0 Å². The van der Waals surface area contributed by atoms with Crippen LogP contribution in [0.5, 0.6) is 0 Å². The van der Waals surface area contributed by atoms with Crippen molar-refractivity contribution >= 4 is 5.69 Å². The number of hydrogen-bond acceptors (Lipinski definition) is 3. The number of hydrogen-bond donors (Lipinski definition) is 1. The Bertz CT molecular complexity index is 456. The summed E-state index contributed by atoms with van der Waals surface area (Å²) in [5.41, 5.74) is 1.11. The molecular formula is C15H24N2O2. The fraction of sp³-hybridized carbons (Fsp3) is 0.667. The molecule has 1 fully saturated rings. The van der Waals surface area contributed by atoms with Gasteiger partial charge < -0.3 is 14.6 Å². The zero-order valence-corrected chi connectivity index (χ0v) is 11.9. The summed E-state index contributed by atoms with van der Waals surface area (Å²) in [6, 6.07) is 3.98. The topological polar surface area (TPSA) is 43.3 Å². The second-order valence-electron chi connectivity index (χ2n) is 5.22. The highest BCUT2D eigenvalue weighted by Gasteiger charge is 2.21. The number of anilines is 1. The maximum Gasteiger partial charge on any atom is 0.250 e. The van der Waals surface area contributed by atoms with Gasteiger partial charge in [-0.15, -0.1) is 0 Å². The standard InChI is InChI=1S/C15H24N2O2/c1-3-8-17-11-13(5-6-15(17)18)16-12-7-9-19-14(4-2)10-12/h5-6,11-12,14,16H,3-4,7-10H2,1-2H3. The Morgan fingerprint density at radius 1 is 1.42 bits per heavy atom. The third-order valence-corrected chi connectivity index (χ3v) is 3.64. The SMILES string of the molecule is CCCn1cc(NC2CCOC(CC)C2)ccc1=O. The van der Waals surface area contributed by atoms with E-state index in [1.54, 1.807) is 10.6 Å². The average molecular weight is 264 g/mol. The van der Waals surface area contributed by atoms with E-state index in [0.29, 0.717) is 12.1 Å². The molecule has 106 valence electrons. The lowest BCUT2D eigenvalue weighted by molar-refractivity contribution is 0.00925. The van der Waals surface area contributed by atoms with E-state index < -0.39 is 0 Å². The van der Waals surface area contributed by atoms with Crippen LogP contribution in [0, 0.1) is 0 Å². The van der Waals surface area contributed by atoms with Gasteiger partial charge in [-0.2, -0.15) is 0 Å². The Labute approximate surface area is 114 Å². The minimum atomic E-state index is 0.0748. The lowest BCUT2D eigenvalue weighted by Gasteiger charge is -2.30. The quantitative estimate of drug-likeness (QED) is 0.889. The second kappa shape index (κ2) is 6.75. The van der Waals surface area contributed by atoms with Gasteiger partial charge in [-0.05, 0) is 31.7 Å². The molecule has 0 saturated carbocycles. The summed E-state index contributed by atoms with van der Waals surface area (Å²) in [6.45, 7) is 5.84. The minimum absolute atomic E-state index is 0.0748. The highest BCUT2D eigenvalue weighted by atomic mass is 16.5. The molecule has 0 aliphatic carbocycles. The molecule has 0 bridgehead atoms. The number of rotatable bonds is 5. The van der Waals surface area contributed by atoms with Crippen molar-refractivity contribution < 1.29 is 4.74 Å². The first-order chi connectivity index (χ1) is 9.22. The van der Waals surface area contributed by atoms with E-state index in [1.807, 2.05) is 12.3 Å². The monoisotopic (exact) mass is 264 g/mol. The molecule has 19 heavy (non-hydrogen) atoms. The average Bonchev–Trinajstić information content (AvgIpc) is 2.43. The third-order valence-electron chi connectivity index (χ3n) is 3.64. The molecule has 0 amide bonds. The number of nitrogens with one attached hydrogen (secondary N) is 1. The molecule has 2 heterocycles. The smallest absolute Gasteiger partial charge is 0.250 e. The minimum Gasteiger partial charge on any atom is -0.381 e. The Morgan fingerprint density at radius 3 is 3.00 bits per heavy atom. The van der Waals surface area contributed by atoms with E-state index in [2.05, 4.69) is 19.2 Å². The van der Waals surface area contributed by atoms with Gasteiger partial charge in [0.2, 0.25) is 0 Å². The van der Waals surface area contributed by atoms with Gasteiger partial charge >= 0.3 is 0 Å². The van der Waals surface area contributed by atoms with Crippen molar-refractivity contribution in [3.63, 3.8) is 0 Å². The molecule has 1 aromatic rings. The van der Waals surface area contributed by atoms with Crippen LogP contribution in [0.3, 0.4) is 0 Å². The summed E-state index contributed by atoms with van der Waals surface area (Å²) in [4.78, 5) is 11.7. The van der Waals surface area contributed by atoms with Gasteiger partial charge in [-0.3, -0.25) is 4.79 Å². The number of aromatic nitrogens is 1. The van der Waals surface area contributed by atoms with Gasteiger partial charge in [0.15, 0.2) is 0 Å². The summed E-state index contributed by atoms with van der Waals surface area (Å²) in [5, 5.41) is 3.53. The number of ether oxygens (including phenoxy) is 1. The van der Waals surface area contributed by atoms with E-state index in [0.717, 1.165) is 44.5 Å². The fourth-order valence-electron chi connectivity index (χ4n) is 2.56.